The van der Waals surface area contributed by atoms with E-state index in [1.54, 1.807) is 29.8 Å². The Labute approximate surface area is 203 Å². The fourth-order valence-corrected chi connectivity index (χ4v) is 4.01. The Morgan fingerprint density at radius 3 is 2.47 bits per heavy atom. The first-order chi connectivity index (χ1) is 16.4. The number of aromatic nitrogens is 1. The Kier molecular flexibility index (Phi) is 7.47. The van der Waals surface area contributed by atoms with Gasteiger partial charge in [0.25, 0.3) is 5.91 Å². The predicted octanol–water partition coefficient (Wildman–Crippen LogP) is 6.13. The highest BCUT2D eigenvalue weighted by molar-refractivity contribution is 7.13. The Morgan fingerprint density at radius 2 is 1.85 bits per heavy atom. The van der Waals surface area contributed by atoms with Crippen molar-refractivity contribution < 1.29 is 19.1 Å². The molecule has 0 atom stereocenters. The molecule has 2 amide bonds. The van der Waals surface area contributed by atoms with Crippen LogP contribution in [0.4, 0.5) is 10.8 Å². The molecule has 1 N–H and O–H groups in total. The number of thiazole rings is 1. The number of carbonyl (C=O) groups is 2. The molecular weight excluding hydrogens is 450 g/mol. The van der Waals surface area contributed by atoms with Crippen LogP contribution in [0.2, 0.25) is 0 Å². The van der Waals surface area contributed by atoms with Crippen LogP contribution in [-0.2, 0) is 4.79 Å². The van der Waals surface area contributed by atoms with E-state index in [0.29, 0.717) is 40.3 Å². The zero-order chi connectivity index (χ0) is 24.1. The van der Waals surface area contributed by atoms with Gasteiger partial charge in [-0.15, -0.1) is 11.3 Å². The summed E-state index contributed by atoms with van der Waals surface area (Å²) < 4.78 is 11.9. The van der Waals surface area contributed by atoms with Gasteiger partial charge in [-0.1, -0.05) is 6.92 Å². The van der Waals surface area contributed by atoms with Gasteiger partial charge in [-0.05, 0) is 69.0 Å². The molecule has 2 aromatic carbocycles. The predicted molar refractivity (Wildman–Crippen MR) is 134 cm³/mol. The second kappa shape index (κ2) is 10.7. The van der Waals surface area contributed by atoms with Gasteiger partial charge in [0, 0.05) is 41.9 Å². The minimum atomic E-state index is -0.293. The quantitative estimate of drug-likeness (QED) is 0.378. The molecule has 1 fully saturated rings. The summed E-state index contributed by atoms with van der Waals surface area (Å²) in [6.45, 7) is 6.49. The summed E-state index contributed by atoms with van der Waals surface area (Å²) in [4.78, 5) is 31.2. The number of ether oxygens (including phenoxy) is 2. The Morgan fingerprint density at radius 1 is 1.12 bits per heavy atom. The maximum atomic E-state index is 12.8. The number of hydrogen-bond donors (Lipinski definition) is 1. The molecule has 0 saturated heterocycles. The third-order valence-electron chi connectivity index (χ3n) is 5.29. The summed E-state index contributed by atoms with van der Waals surface area (Å²) in [6.07, 6.45) is 4.41. The van der Waals surface area contributed by atoms with Gasteiger partial charge in [0.15, 0.2) is 5.13 Å². The van der Waals surface area contributed by atoms with Crippen LogP contribution in [0.15, 0.2) is 54.0 Å². The van der Waals surface area contributed by atoms with Gasteiger partial charge in [-0.2, -0.15) is 0 Å². The molecule has 7 nitrogen and oxygen atoms in total. The van der Waals surface area contributed by atoms with Crippen molar-refractivity contribution in [1.82, 2.24) is 4.98 Å². The molecule has 1 heterocycles. The van der Waals surface area contributed by atoms with Gasteiger partial charge in [0.05, 0.1) is 6.10 Å². The maximum Gasteiger partial charge on any atom is 0.257 e. The van der Waals surface area contributed by atoms with Gasteiger partial charge in [0.1, 0.15) is 17.2 Å². The largest absolute Gasteiger partial charge is 0.491 e. The zero-order valence-electron chi connectivity index (χ0n) is 19.6. The Hall–Kier alpha value is -3.39. The van der Waals surface area contributed by atoms with E-state index in [1.807, 2.05) is 49.9 Å². The number of nitrogens with one attached hydrogen (secondary N) is 1. The molecular formula is C26H29N3O4S. The van der Waals surface area contributed by atoms with Crippen LogP contribution in [0.5, 0.6) is 17.2 Å². The number of carbonyl (C=O) groups excluding carboxylic acids is 2. The second-order valence-corrected chi connectivity index (χ2v) is 9.44. The normalized spacial score (nSPS) is 12.9. The lowest BCUT2D eigenvalue weighted by atomic mass is 10.2. The Balaban J connectivity index is 1.53. The minimum Gasteiger partial charge on any atom is -0.491 e. The monoisotopic (exact) mass is 479 g/mol. The zero-order valence-corrected chi connectivity index (χ0v) is 20.4. The highest BCUT2D eigenvalue weighted by Gasteiger charge is 2.27. The molecule has 0 bridgehead atoms. The summed E-state index contributed by atoms with van der Waals surface area (Å²) >= 11 is 1.35. The minimum absolute atomic E-state index is 0.0574. The van der Waals surface area contributed by atoms with Gasteiger partial charge in [0.2, 0.25) is 5.91 Å². The van der Waals surface area contributed by atoms with Crippen molar-refractivity contribution in [3.8, 4) is 17.2 Å². The van der Waals surface area contributed by atoms with Crippen LogP contribution in [0.1, 0.15) is 50.4 Å². The smallest absolute Gasteiger partial charge is 0.257 e. The third kappa shape index (κ3) is 6.35. The highest BCUT2D eigenvalue weighted by Crippen LogP contribution is 2.33. The average molecular weight is 480 g/mol. The van der Waals surface area contributed by atoms with E-state index in [4.69, 9.17) is 9.47 Å². The van der Waals surface area contributed by atoms with E-state index in [9.17, 15) is 9.59 Å². The van der Waals surface area contributed by atoms with E-state index >= 15 is 0 Å². The van der Waals surface area contributed by atoms with Crippen LogP contribution in [0.25, 0.3) is 0 Å². The van der Waals surface area contributed by atoms with Crippen molar-refractivity contribution in [2.75, 3.05) is 16.8 Å². The molecule has 4 rings (SSSR count). The average Bonchev–Trinajstić information content (AvgIpc) is 3.50. The lowest BCUT2D eigenvalue weighted by Crippen LogP contribution is -2.32. The van der Waals surface area contributed by atoms with Crippen LogP contribution in [0.3, 0.4) is 0 Å². The van der Waals surface area contributed by atoms with Crippen LogP contribution < -0.4 is 19.7 Å². The summed E-state index contributed by atoms with van der Waals surface area (Å²) in [5.41, 5.74) is 1.27. The fraction of sp³-hybridized carbons (Fsp3) is 0.346. The molecule has 0 spiro atoms. The molecule has 1 aliphatic rings. The van der Waals surface area contributed by atoms with Crippen LogP contribution >= 0.6 is 11.3 Å². The van der Waals surface area contributed by atoms with Crippen molar-refractivity contribution in [2.45, 2.75) is 46.1 Å². The van der Waals surface area contributed by atoms with Gasteiger partial charge < -0.3 is 14.4 Å². The topological polar surface area (TPSA) is 80.8 Å². The highest BCUT2D eigenvalue weighted by atomic mass is 32.1. The van der Waals surface area contributed by atoms with Gasteiger partial charge in [-0.3, -0.25) is 14.9 Å². The maximum absolute atomic E-state index is 12.8. The molecule has 1 aliphatic carbocycles. The molecule has 34 heavy (non-hydrogen) atoms. The number of rotatable bonds is 10. The van der Waals surface area contributed by atoms with E-state index in [1.165, 1.54) is 24.2 Å². The SMILES string of the molecule is CCC(=O)N(CC1CC1)c1ccc(Oc2cc(OC(C)C)cc(C(=O)Nc3nccs3)c2)cc1. The third-order valence-corrected chi connectivity index (χ3v) is 5.98. The molecule has 0 radical (unpaired) electrons. The Bertz CT molecular complexity index is 1130. The lowest BCUT2D eigenvalue weighted by molar-refractivity contribution is -0.118. The molecule has 8 heteroatoms. The summed E-state index contributed by atoms with van der Waals surface area (Å²) in [5.74, 6) is 2.05. The summed E-state index contributed by atoms with van der Waals surface area (Å²) in [7, 11) is 0. The molecule has 3 aromatic rings. The molecule has 178 valence electrons. The van der Waals surface area contributed by atoms with Crippen molar-refractivity contribution in [2.24, 2.45) is 5.92 Å². The van der Waals surface area contributed by atoms with Crippen molar-refractivity contribution in [1.29, 1.82) is 0 Å². The lowest BCUT2D eigenvalue weighted by Gasteiger charge is -2.22. The number of benzene rings is 2. The number of anilines is 2. The van der Waals surface area contributed by atoms with Crippen molar-refractivity contribution >= 4 is 34.0 Å². The fourth-order valence-electron chi connectivity index (χ4n) is 3.49. The van der Waals surface area contributed by atoms with Gasteiger partial charge in [-0.25, -0.2) is 4.98 Å². The first-order valence-corrected chi connectivity index (χ1v) is 12.4. The van der Waals surface area contributed by atoms with E-state index in [2.05, 4.69) is 10.3 Å². The molecule has 1 aromatic heterocycles. The van der Waals surface area contributed by atoms with E-state index in [-0.39, 0.29) is 17.9 Å². The second-order valence-electron chi connectivity index (χ2n) is 8.55. The number of hydrogen-bond acceptors (Lipinski definition) is 6. The summed E-state index contributed by atoms with van der Waals surface area (Å²) in [6, 6.07) is 12.6. The molecule has 0 aliphatic heterocycles. The van der Waals surface area contributed by atoms with Crippen LogP contribution in [0, 0.1) is 5.92 Å². The first kappa shape index (κ1) is 23.8. The number of nitrogens with zero attached hydrogens (tertiary/aromatic N) is 2. The number of amides is 2. The molecule has 1 saturated carbocycles. The van der Waals surface area contributed by atoms with Crippen LogP contribution in [-0.4, -0.2) is 29.4 Å². The molecule has 0 unspecified atom stereocenters. The van der Waals surface area contributed by atoms with E-state index in [0.717, 1.165) is 12.2 Å². The summed E-state index contributed by atoms with van der Waals surface area (Å²) in [5, 5.41) is 5.11. The first-order valence-electron chi connectivity index (χ1n) is 11.5. The van der Waals surface area contributed by atoms with Gasteiger partial charge >= 0.3 is 0 Å². The van der Waals surface area contributed by atoms with E-state index < -0.39 is 0 Å². The van der Waals surface area contributed by atoms with Crippen molar-refractivity contribution in [3.63, 3.8) is 0 Å². The van der Waals surface area contributed by atoms with Crippen molar-refractivity contribution in [3.05, 3.63) is 59.6 Å². The standard InChI is InChI=1S/C26H29N3O4S/c1-4-24(30)29(16-18-5-6-18)20-7-9-21(10-8-20)33-23-14-19(13-22(15-23)32-17(2)3)25(31)28-26-27-11-12-34-26/h7-15,17-18H,4-6,16H2,1-3H3,(H,27,28,31).